The first kappa shape index (κ1) is 15.3. The van der Waals surface area contributed by atoms with Crippen molar-refractivity contribution < 1.29 is 8.42 Å². The molecule has 0 aromatic rings. The summed E-state index contributed by atoms with van der Waals surface area (Å²) in [7, 11) is -2.91. The van der Waals surface area contributed by atoms with Crippen LogP contribution in [0, 0.1) is 5.92 Å². The van der Waals surface area contributed by atoms with Crippen LogP contribution in [0.2, 0.25) is 0 Å². The molecule has 0 bridgehead atoms. The Morgan fingerprint density at radius 3 is 2.53 bits per heavy atom. The average molecular weight is 288 g/mol. The Balaban J connectivity index is 2.15. The van der Waals surface area contributed by atoms with E-state index >= 15 is 0 Å². The van der Waals surface area contributed by atoms with Gasteiger partial charge in [-0.1, -0.05) is 13.8 Å². The molecule has 5 heteroatoms. The van der Waals surface area contributed by atoms with Gasteiger partial charge in [-0.25, -0.2) is 8.42 Å². The van der Waals surface area contributed by atoms with E-state index in [1.165, 1.54) is 12.8 Å². The first-order valence-electron chi connectivity index (χ1n) is 7.56. The highest BCUT2D eigenvalue weighted by molar-refractivity contribution is 7.91. The Kier molecular flexibility index (Phi) is 4.58. The molecule has 1 saturated heterocycles. The summed E-state index contributed by atoms with van der Waals surface area (Å²) in [5.41, 5.74) is 5.74. The van der Waals surface area contributed by atoms with Gasteiger partial charge in [-0.05, 0) is 44.6 Å². The van der Waals surface area contributed by atoms with Gasteiger partial charge in [0.15, 0.2) is 9.84 Å². The summed E-state index contributed by atoms with van der Waals surface area (Å²) in [4.78, 5) is 2.45. The van der Waals surface area contributed by atoms with E-state index in [1.807, 2.05) is 0 Å². The van der Waals surface area contributed by atoms with Crippen molar-refractivity contribution in [3.8, 4) is 0 Å². The van der Waals surface area contributed by atoms with E-state index < -0.39 is 9.84 Å². The summed E-state index contributed by atoms with van der Waals surface area (Å²) < 4.78 is 24.1. The van der Waals surface area contributed by atoms with Gasteiger partial charge >= 0.3 is 0 Å². The van der Waals surface area contributed by atoms with Crippen LogP contribution in [0.15, 0.2) is 0 Å². The highest BCUT2D eigenvalue weighted by Crippen LogP contribution is 2.38. The molecule has 112 valence electrons. The summed E-state index contributed by atoms with van der Waals surface area (Å²) in [5.74, 6) is 1.26. The highest BCUT2D eigenvalue weighted by atomic mass is 32.2. The number of hydrogen-bond acceptors (Lipinski definition) is 4. The number of sulfone groups is 1. The Morgan fingerprint density at radius 2 is 2.05 bits per heavy atom. The highest BCUT2D eigenvalue weighted by Gasteiger charge is 2.47. The quantitative estimate of drug-likeness (QED) is 0.802. The van der Waals surface area contributed by atoms with Crippen molar-refractivity contribution in [3.63, 3.8) is 0 Å². The van der Waals surface area contributed by atoms with Crippen molar-refractivity contribution in [2.24, 2.45) is 11.7 Å². The van der Waals surface area contributed by atoms with Gasteiger partial charge in [0, 0.05) is 18.1 Å². The van der Waals surface area contributed by atoms with Gasteiger partial charge < -0.3 is 5.73 Å². The zero-order valence-electron chi connectivity index (χ0n) is 12.3. The Bertz CT molecular complexity index is 404. The molecule has 1 aliphatic heterocycles. The lowest BCUT2D eigenvalue weighted by atomic mass is 9.92. The Morgan fingerprint density at radius 1 is 1.37 bits per heavy atom. The van der Waals surface area contributed by atoms with Crippen LogP contribution in [0.25, 0.3) is 0 Å². The van der Waals surface area contributed by atoms with Crippen molar-refractivity contribution >= 4 is 9.84 Å². The Hall–Kier alpha value is -0.130. The molecule has 0 radical (unpaired) electrons. The van der Waals surface area contributed by atoms with E-state index in [4.69, 9.17) is 5.73 Å². The molecule has 1 atom stereocenters. The maximum absolute atomic E-state index is 12.0. The first-order chi connectivity index (χ1) is 8.88. The molecule has 19 heavy (non-hydrogen) atoms. The number of nitrogens with two attached hydrogens (primary N) is 1. The van der Waals surface area contributed by atoms with Crippen LogP contribution in [0.5, 0.6) is 0 Å². The molecule has 2 rings (SSSR count). The lowest BCUT2D eigenvalue weighted by Crippen LogP contribution is -2.61. The fourth-order valence-corrected chi connectivity index (χ4v) is 5.25. The molecule has 4 nitrogen and oxygen atoms in total. The van der Waals surface area contributed by atoms with E-state index in [1.54, 1.807) is 0 Å². The number of hydrogen-bond donors (Lipinski definition) is 1. The molecule has 1 heterocycles. The molecule has 1 saturated carbocycles. The smallest absolute Gasteiger partial charge is 0.152 e. The second kappa shape index (κ2) is 5.70. The van der Waals surface area contributed by atoms with Crippen molar-refractivity contribution in [3.05, 3.63) is 0 Å². The largest absolute Gasteiger partial charge is 0.329 e. The van der Waals surface area contributed by atoms with Crippen molar-refractivity contribution in [2.75, 3.05) is 24.6 Å². The molecule has 0 aromatic heterocycles. The summed E-state index contributed by atoms with van der Waals surface area (Å²) in [6, 6.07) is 0.579. The fourth-order valence-electron chi connectivity index (χ4n) is 3.27. The van der Waals surface area contributed by atoms with E-state index in [-0.39, 0.29) is 11.3 Å². The van der Waals surface area contributed by atoms with Gasteiger partial charge in [0.25, 0.3) is 0 Å². The van der Waals surface area contributed by atoms with Crippen LogP contribution < -0.4 is 5.73 Å². The summed E-state index contributed by atoms with van der Waals surface area (Å²) >= 11 is 0. The third-order valence-electron chi connectivity index (χ3n) is 4.51. The summed E-state index contributed by atoms with van der Waals surface area (Å²) in [5, 5.41) is 0. The molecule has 1 unspecified atom stereocenters. The zero-order valence-corrected chi connectivity index (χ0v) is 13.1. The van der Waals surface area contributed by atoms with Gasteiger partial charge in [0.1, 0.15) is 0 Å². The maximum Gasteiger partial charge on any atom is 0.152 e. The predicted octanol–water partition coefficient (Wildman–Crippen LogP) is 1.40. The van der Waals surface area contributed by atoms with E-state index in [2.05, 4.69) is 18.7 Å². The molecule has 1 aliphatic carbocycles. The van der Waals surface area contributed by atoms with Gasteiger partial charge in [-0.2, -0.15) is 0 Å². The molecular weight excluding hydrogens is 260 g/mol. The lowest BCUT2D eigenvalue weighted by Gasteiger charge is -2.46. The fraction of sp³-hybridized carbons (Fsp3) is 1.00. The second-order valence-corrected chi connectivity index (χ2v) is 8.92. The first-order valence-corrected chi connectivity index (χ1v) is 9.38. The van der Waals surface area contributed by atoms with Crippen LogP contribution in [0.4, 0.5) is 0 Å². The van der Waals surface area contributed by atoms with Crippen molar-refractivity contribution in [1.29, 1.82) is 0 Å². The maximum atomic E-state index is 12.0. The molecule has 0 aromatic carbocycles. The number of nitrogens with zero attached hydrogens (tertiary/aromatic N) is 1. The van der Waals surface area contributed by atoms with Gasteiger partial charge in [-0.15, -0.1) is 0 Å². The second-order valence-electron chi connectivity index (χ2n) is 6.73. The van der Waals surface area contributed by atoms with Crippen LogP contribution in [-0.4, -0.2) is 49.5 Å². The topological polar surface area (TPSA) is 63.4 Å². The predicted molar refractivity (Wildman–Crippen MR) is 78.9 cm³/mol. The monoisotopic (exact) mass is 288 g/mol. The minimum Gasteiger partial charge on any atom is -0.329 e. The van der Waals surface area contributed by atoms with Gasteiger partial charge in [0.05, 0.1) is 11.5 Å². The minimum atomic E-state index is -2.91. The molecule has 0 amide bonds. The number of rotatable bonds is 6. The van der Waals surface area contributed by atoms with Gasteiger partial charge in [0.2, 0.25) is 0 Å². The lowest BCUT2D eigenvalue weighted by molar-refractivity contribution is 0.0851. The van der Waals surface area contributed by atoms with Crippen LogP contribution in [0.3, 0.4) is 0 Å². The standard InChI is InChI=1S/C14H28N2O2S/c1-12(2)6-8-16(13-4-5-13)14(10-15)7-3-9-19(17,18)11-14/h12-13H,3-11,15H2,1-2H3. The minimum absolute atomic E-state index is 0.269. The van der Waals surface area contributed by atoms with E-state index in [0.717, 1.165) is 25.8 Å². The zero-order chi connectivity index (χ0) is 14.1. The van der Waals surface area contributed by atoms with Gasteiger partial charge in [-0.3, -0.25) is 4.90 Å². The molecule has 2 N–H and O–H groups in total. The SMILES string of the molecule is CC(C)CCN(C1CC1)C1(CN)CCCS(=O)(=O)C1. The van der Waals surface area contributed by atoms with E-state index in [0.29, 0.717) is 24.3 Å². The van der Waals surface area contributed by atoms with Crippen molar-refractivity contribution in [2.45, 2.75) is 57.5 Å². The average Bonchev–Trinajstić information content (AvgIpc) is 3.12. The van der Waals surface area contributed by atoms with Crippen LogP contribution >= 0.6 is 0 Å². The Labute approximate surface area is 117 Å². The van der Waals surface area contributed by atoms with Crippen molar-refractivity contribution in [1.82, 2.24) is 4.90 Å². The van der Waals surface area contributed by atoms with Crippen LogP contribution in [-0.2, 0) is 9.84 Å². The molecule has 2 aliphatic rings. The third kappa shape index (κ3) is 3.70. The molecule has 0 spiro atoms. The van der Waals surface area contributed by atoms with E-state index in [9.17, 15) is 8.42 Å². The third-order valence-corrected chi connectivity index (χ3v) is 6.40. The summed E-state index contributed by atoms with van der Waals surface area (Å²) in [6.07, 6.45) is 5.25. The van der Waals surface area contributed by atoms with Crippen LogP contribution in [0.1, 0.15) is 46.0 Å². The summed E-state index contributed by atoms with van der Waals surface area (Å²) in [6.45, 7) is 5.91. The molecule has 2 fully saturated rings. The molecular formula is C14H28N2O2S. The normalized spacial score (nSPS) is 31.0.